The Morgan fingerprint density at radius 1 is 1.18 bits per heavy atom. The molecule has 12 heteroatoms. The summed E-state index contributed by atoms with van der Waals surface area (Å²) in [5, 5.41) is 17.5. The van der Waals surface area contributed by atoms with E-state index in [0.29, 0.717) is 19.0 Å². The van der Waals surface area contributed by atoms with Crippen molar-refractivity contribution in [1.29, 1.82) is 0 Å². The van der Waals surface area contributed by atoms with Crippen LogP contribution in [0.5, 0.6) is 5.75 Å². The maximum atomic E-state index is 13.6. The Hall–Kier alpha value is -3.57. The number of carboxylic acids is 1. The van der Waals surface area contributed by atoms with Gasteiger partial charge in [0.2, 0.25) is 11.9 Å². The normalized spacial score (nSPS) is 18.3. The number of anilines is 3. The van der Waals surface area contributed by atoms with Gasteiger partial charge in [0.05, 0.1) is 18.4 Å². The summed E-state index contributed by atoms with van der Waals surface area (Å²) in [5.74, 6) is -1.81. The van der Waals surface area contributed by atoms with Gasteiger partial charge in [-0.15, -0.1) is 0 Å². The van der Waals surface area contributed by atoms with Crippen molar-refractivity contribution in [2.24, 2.45) is 0 Å². The van der Waals surface area contributed by atoms with E-state index >= 15 is 0 Å². The molecule has 0 aliphatic heterocycles. The molecule has 2 aromatic rings. The van der Waals surface area contributed by atoms with Crippen LogP contribution < -0.4 is 20.7 Å². The van der Waals surface area contributed by atoms with Crippen LogP contribution >= 0.6 is 0 Å². The zero-order valence-electron chi connectivity index (χ0n) is 18.0. The number of carbonyl (C=O) groups is 2. The molecule has 1 amide bonds. The molecule has 1 saturated carbocycles. The van der Waals surface area contributed by atoms with E-state index in [4.69, 9.17) is 9.84 Å². The number of ether oxygens (including phenoxy) is 1. The molecule has 9 nitrogen and oxygen atoms in total. The van der Waals surface area contributed by atoms with Crippen LogP contribution in [0.15, 0.2) is 24.4 Å². The smallest absolute Gasteiger partial charge is 0.421 e. The molecule has 0 saturated heterocycles. The first-order valence-electron chi connectivity index (χ1n) is 10.2. The van der Waals surface area contributed by atoms with Crippen LogP contribution in [0.4, 0.5) is 30.6 Å². The highest BCUT2D eigenvalue weighted by atomic mass is 19.4. The van der Waals surface area contributed by atoms with E-state index < -0.39 is 29.6 Å². The monoisotopic (exact) mass is 467 g/mol. The third-order valence-electron chi connectivity index (χ3n) is 5.27. The number of aromatic carboxylic acids is 1. The SMILES string of the molecule is COc1cc(C(=O)O)ccc1Nc1ncc(C(F)(F)F)c(N[C@@H]2CCCC[C@H]2NC(C)=O)n1. The number of hydrogen-bond acceptors (Lipinski definition) is 7. The van der Waals surface area contributed by atoms with E-state index in [1.807, 2.05) is 0 Å². The molecule has 1 heterocycles. The molecule has 0 bridgehead atoms. The average molecular weight is 467 g/mol. The van der Waals surface area contributed by atoms with Gasteiger partial charge < -0.3 is 25.8 Å². The third-order valence-corrected chi connectivity index (χ3v) is 5.27. The minimum Gasteiger partial charge on any atom is -0.495 e. The topological polar surface area (TPSA) is 125 Å². The van der Waals surface area contributed by atoms with Crippen molar-refractivity contribution >= 4 is 29.3 Å². The summed E-state index contributed by atoms with van der Waals surface area (Å²) in [7, 11) is 1.33. The van der Waals surface area contributed by atoms with E-state index in [9.17, 15) is 22.8 Å². The van der Waals surface area contributed by atoms with Gasteiger partial charge in [0, 0.05) is 25.2 Å². The average Bonchev–Trinajstić information content (AvgIpc) is 2.74. The summed E-state index contributed by atoms with van der Waals surface area (Å²) in [6, 6.07) is 3.23. The van der Waals surface area contributed by atoms with Crippen LogP contribution in [0.25, 0.3) is 0 Å². The lowest BCUT2D eigenvalue weighted by Gasteiger charge is -2.33. The maximum Gasteiger partial charge on any atom is 0.421 e. The first kappa shape index (κ1) is 24.1. The fraction of sp³-hybridized carbons (Fsp3) is 0.429. The number of amides is 1. The molecule has 1 aliphatic rings. The van der Waals surface area contributed by atoms with E-state index in [0.717, 1.165) is 12.8 Å². The lowest BCUT2D eigenvalue weighted by Crippen LogP contribution is -2.48. The second-order valence-electron chi connectivity index (χ2n) is 7.64. The van der Waals surface area contributed by atoms with Gasteiger partial charge in [-0.2, -0.15) is 18.2 Å². The molecule has 1 aliphatic carbocycles. The second-order valence-corrected chi connectivity index (χ2v) is 7.64. The van der Waals surface area contributed by atoms with E-state index in [1.165, 1.54) is 32.2 Å². The van der Waals surface area contributed by atoms with Crippen molar-refractivity contribution in [3.05, 3.63) is 35.5 Å². The number of halogens is 3. The number of nitrogens with one attached hydrogen (secondary N) is 3. The molecule has 1 aromatic carbocycles. The van der Waals surface area contributed by atoms with Gasteiger partial charge in [0.15, 0.2) is 0 Å². The summed E-state index contributed by atoms with van der Waals surface area (Å²) in [6.45, 7) is 1.36. The Bertz CT molecular complexity index is 1030. The lowest BCUT2D eigenvalue weighted by molar-refractivity contribution is -0.137. The van der Waals surface area contributed by atoms with E-state index in [1.54, 1.807) is 0 Å². The van der Waals surface area contributed by atoms with Crippen molar-refractivity contribution in [3.8, 4) is 5.75 Å². The van der Waals surface area contributed by atoms with Crippen LogP contribution in [-0.4, -0.2) is 46.1 Å². The summed E-state index contributed by atoms with van der Waals surface area (Å²) in [6.07, 6.45) is -1.15. The molecule has 0 radical (unpaired) electrons. The summed E-state index contributed by atoms with van der Waals surface area (Å²) in [5.41, 5.74) is -0.773. The Labute approximate surface area is 187 Å². The molecule has 1 fully saturated rings. The molecule has 2 atom stereocenters. The summed E-state index contributed by atoms with van der Waals surface area (Å²) < 4.78 is 46.0. The fourth-order valence-electron chi connectivity index (χ4n) is 3.72. The van der Waals surface area contributed by atoms with Crippen LogP contribution in [0.2, 0.25) is 0 Å². The number of hydrogen-bond donors (Lipinski definition) is 4. The van der Waals surface area contributed by atoms with Crippen LogP contribution in [0.1, 0.15) is 48.5 Å². The van der Waals surface area contributed by atoms with Gasteiger partial charge in [-0.3, -0.25) is 4.79 Å². The first-order valence-corrected chi connectivity index (χ1v) is 10.2. The number of aromatic nitrogens is 2. The Morgan fingerprint density at radius 3 is 2.48 bits per heavy atom. The number of methoxy groups -OCH3 is 1. The van der Waals surface area contributed by atoms with Gasteiger partial charge in [-0.25, -0.2) is 9.78 Å². The number of rotatable bonds is 7. The lowest BCUT2D eigenvalue weighted by atomic mass is 9.90. The van der Waals surface area contributed by atoms with E-state index in [-0.39, 0.29) is 34.9 Å². The van der Waals surface area contributed by atoms with Crippen LogP contribution in [0.3, 0.4) is 0 Å². The Balaban J connectivity index is 1.92. The molecule has 33 heavy (non-hydrogen) atoms. The van der Waals surface area contributed by atoms with E-state index in [2.05, 4.69) is 25.9 Å². The van der Waals surface area contributed by atoms with Gasteiger partial charge in [0.1, 0.15) is 17.1 Å². The Kier molecular flexibility index (Phi) is 7.24. The largest absolute Gasteiger partial charge is 0.495 e. The number of alkyl halides is 3. The fourth-order valence-corrected chi connectivity index (χ4v) is 3.72. The van der Waals surface area contributed by atoms with Crippen molar-refractivity contribution < 1.29 is 32.6 Å². The number of carbonyl (C=O) groups excluding carboxylic acids is 1. The van der Waals surface area contributed by atoms with Crippen LogP contribution in [-0.2, 0) is 11.0 Å². The molecule has 178 valence electrons. The van der Waals surface area contributed by atoms with Gasteiger partial charge >= 0.3 is 12.1 Å². The van der Waals surface area contributed by atoms with Crippen LogP contribution in [0, 0.1) is 0 Å². The minimum atomic E-state index is -4.69. The van der Waals surface area contributed by atoms with Crippen molar-refractivity contribution in [2.75, 3.05) is 17.7 Å². The highest BCUT2D eigenvalue weighted by molar-refractivity contribution is 5.89. The zero-order chi connectivity index (χ0) is 24.2. The standard InChI is InChI=1S/C21H24F3N5O4/c1-11(30)26-14-5-3-4-6-15(14)27-18-13(21(22,23)24)10-25-20(29-18)28-16-8-7-12(19(31)32)9-17(16)33-2/h7-10,14-15H,3-6H2,1-2H3,(H,26,30)(H,31,32)(H2,25,27,28,29)/t14-,15-/m1/s1. The second kappa shape index (κ2) is 9.92. The van der Waals surface area contributed by atoms with Crippen molar-refractivity contribution in [2.45, 2.75) is 50.9 Å². The van der Waals surface area contributed by atoms with Gasteiger partial charge in [0.25, 0.3) is 0 Å². The predicted molar refractivity (Wildman–Crippen MR) is 114 cm³/mol. The first-order chi connectivity index (χ1) is 15.6. The molecule has 0 unspecified atom stereocenters. The van der Waals surface area contributed by atoms with Gasteiger partial charge in [-0.1, -0.05) is 12.8 Å². The number of benzene rings is 1. The third kappa shape index (κ3) is 6.02. The van der Waals surface area contributed by atoms with Crippen molar-refractivity contribution in [1.82, 2.24) is 15.3 Å². The predicted octanol–water partition coefficient (Wildman–Crippen LogP) is 3.81. The molecule has 3 rings (SSSR count). The van der Waals surface area contributed by atoms with Gasteiger partial charge in [-0.05, 0) is 31.0 Å². The molecule has 4 N–H and O–H groups in total. The molecular weight excluding hydrogens is 443 g/mol. The number of carboxylic acid groups (broad SMARTS) is 1. The molecular formula is C21H24F3N5O4. The Morgan fingerprint density at radius 2 is 1.88 bits per heavy atom. The van der Waals surface area contributed by atoms with Crippen molar-refractivity contribution in [3.63, 3.8) is 0 Å². The summed E-state index contributed by atoms with van der Waals surface area (Å²) in [4.78, 5) is 30.5. The summed E-state index contributed by atoms with van der Waals surface area (Å²) >= 11 is 0. The number of nitrogens with zero attached hydrogens (tertiary/aromatic N) is 2. The quantitative estimate of drug-likeness (QED) is 0.485. The zero-order valence-corrected chi connectivity index (χ0v) is 18.0. The minimum absolute atomic E-state index is 0.0191. The highest BCUT2D eigenvalue weighted by Crippen LogP contribution is 2.36. The maximum absolute atomic E-state index is 13.6. The molecule has 0 spiro atoms. The highest BCUT2D eigenvalue weighted by Gasteiger charge is 2.37. The molecule has 1 aromatic heterocycles.